The molecule has 2 amide bonds. The van der Waals surface area contributed by atoms with Crippen molar-refractivity contribution < 1.29 is 18.0 Å². The molecule has 1 aliphatic rings. The first kappa shape index (κ1) is 29.8. The van der Waals surface area contributed by atoms with E-state index in [0.29, 0.717) is 22.0 Å². The Morgan fingerprint density at radius 2 is 1.57 bits per heavy atom. The lowest BCUT2D eigenvalue weighted by molar-refractivity contribution is -0.140. The van der Waals surface area contributed by atoms with Crippen LogP contribution in [0.15, 0.2) is 36.4 Å². The first-order valence-corrected chi connectivity index (χ1v) is 15.2. The zero-order valence-corrected chi connectivity index (χ0v) is 24.4. The molecule has 0 radical (unpaired) electrons. The van der Waals surface area contributed by atoms with Crippen LogP contribution in [0.3, 0.4) is 0 Å². The summed E-state index contributed by atoms with van der Waals surface area (Å²) in [5.74, 6) is -0.834. The molecular weight excluding hydrogens is 580 g/mol. The minimum atomic E-state index is -3.89. The van der Waals surface area contributed by atoms with Crippen molar-refractivity contribution in [1.82, 2.24) is 10.2 Å². The van der Waals surface area contributed by atoms with E-state index in [1.807, 2.05) is 0 Å². The van der Waals surface area contributed by atoms with Gasteiger partial charge in [-0.15, -0.1) is 0 Å². The zero-order valence-electron chi connectivity index (χ0n) is 20.5. The first-order valence-electron chi connectivity index (χ1n) is 11.9. The number of amides is 2. The smallest absolute Gasteiger partial charge is 0.244 e. The Morgan fingerprint density at radius 1 is 0.973 bits per heavy atom. The van der Waals surface area contributed by atoms with Gasteiger partial charge in [0.2, 0.25) is 21.8 Å². The molecule has 1 N–H and O–H groups in total. The molecule has 7 nitrogen and oxygen atoms in total. The van der Waals surface area contributed by atoms with E-state index >= 15 is 0 Å². The summed E-state index contributed by atoms with van der Waals surface area (Å²) in [6.07, 6.45) is 5.19. The molecule has 1 saturated carbocycles. The first-order chi connectivity index (χ1) is 17.4. The molecule has 1 aliphatic carbocycles. The highest BCUT2D eigenvalue weighted by molar-refractivity contribution is 7.92. The topological polar surface area (TPSA) is 86.8 Å². The second-order valence-corrected chi connectivity index (χ2v) is 12.6. The maximum absolute atomic E-state index is 13.7. The van der Waals surface area contributed by atoms with Gasteiger partial charge in [-0.05, 0) is 55.2 Å². The molecule has 3 rings (SSSR count). The third-order valence-corrected chi connectivity index (χ3v) is 8.91. The van der Waals surface area contributed by atoms with Gasteiger partial charge < -0.3 is 10.2 Å². The average Bonchev–Trinajstić information content (AvgIpc) is 3.33. The highest BCUT2D eigenvalue weighted by Crippen LogP contribution is 2.29. The molecule has 0 bridgehead atoms. The Bertz CT molecular complexity index is 1250. The van der Waals surface area contributed by atoms with Gasteiger partial charge in [0.25, 0.3) is 0 Å². The summed E-state index contributed by atoms with van der Waals surface area (Å²) in [6.45, 7) is 1.30. The van der Waals surface area contributed by atoms with Gasteiger partial charge in [0.05, 0.1) is 32.0 Å². The predicted octanol–water partition coefficient (Wildman–Crippen LogP) is 5.93. The number of sulfonamides is 1. The Kier molecular flexibility index (Phi) is 10.4. The van der Waals surface area contributed by atoms with Gasteiger partial charge in [0.1, 0.15) is 12.6 Å². The standard InChI is InChI=1S/C25H29Cl4N3O4S/c1-3-23(25(34)30-17-6-4-5-7-17)31(14-16-8-10-19(26)21(28)12-16)24(33)15-32(37(2,35)36)18-9-11-20(27)22(29)13-18/h8-13,17,23H,3-7,14-15H2,1-2H3,(H,30,34)/t23-/m0/s1. The van der Waals surface area contributed by atoms with E-state index in [4.69, 9.17) is 46.4 Å². The fourth-order valence-corrected chi connectivity index (χ4v) is 5.83. The molecule has 2 aromatic carbocycles. The molecule has 0 heterocycles. The summed E-state index contributed by atoms with van der Waals surface area (Å²) in [5, 5.41) is 4.12. The van der Waals surface area contributed by atoms with Crippen LogP contribution in [-0.2, 0) is 26.2 Å². The fraction of sp³-hybridized carbons (Fsp3) is 0.440. The van der Waals surface area contributed by atoms with Crippen LogP contribution < -0.4 is 9.62 Å². The summed E-state index contributed by atoms with van der Waals surface area (Å²) >= 11 is 24.4. The minimum absolute atomic E-state index is 0.0330. The molecule has 12 heteroatoms. The van der Waals surface area contributed by atoms with Crippen LogP contribution in [-0.4, -0.2) is 50.0 Å². The number of hydrogen-bond donors (Lipinski definition) is 1. The molecule has 0 aromatic heterocycles. The average molecular weight is 609 g/mol. The van der Waals surface area contributed by atoms with Gasteiger partial charge in [-0.25, -0.2) is 8.42 Å². The van der Waals surface area contributed by atoms with Crippen LogP contribution in [0, 0.1) is 0 Å². The largest absolute Gasteiger partial charge is 0.352 e. The number of halogens is 4. The Balaban J connectivity index is 1.95. The summed E-state index contributed by atoms with van der Waals surface area (Å²) in [6, 6.07) is 8.49. The Labute approximate surface area is 238 Å². The molecule has 0 aliphatic heterocycles. The summed E-state index contributed by atoms with van der Waals surface area (Å²) in [7, 11) is -3.89. The van der Waals surface area contributed by atoms with Crippen LogP contribution >= 0.6 is 46.4 Å². The van der Waals surface area contributed by atoms with Crippen molar-refractivity contribution in [1.29, 1.82) is 0 Å². The zero-order chi connectivity index (χ0) is 27.3. The number of carbonyl (C=O) groups excluding carboxylic acids is 2. The lowest BCUT2D eigenvalue weighted by atomic mass is 10.1. The SMILES string of the molecule is CC[C@@H](C(=O)NC1CCCC1)N(Cc1ccc(Cl)c(Cl)c1)C(=O)CN(c1ccc(Cl)c(Cl)c1)S(C)(=O)=O. The fourth-order valence-electron chi connectivity index (χ4n) is 4.38. The summed E-state index contributed by atoms with van der Waals surface area (Å²) in [5.41, 5.74) is 0.832. The highest BCUT2D eigenvalue weighted by atomic mass is 35.5. The lowest BCUT2D eigenvalue weighted by Gasteiger charge is -2.33. The van der Waals surface area contributed by atoms with Crippen molar-refractivity contribution in [2.45, 2.75) is 57.7 Å². The van der Waals surface area contributed by atoms with E-state index in [1.165, 1.54) is 23.1 Å². The molecule has 2 aromatic rings. The predicted molar refractivity (Wildman–Crippen MR) is 150 cm³/mol. The van der Waals surface area contributed by atoms with E-state index in [2.05, 4.69) is 5.32 Å². The summed E-state index contributed by atoms with van der Waals surface area (Å²) < 4.78 is 26.3. The molecule has 0 spiro atoms. The number of carbonyl (C=O) groups is 2. The monoisotopic (exact) mass is 607 g/mol. The van der Waals surface area contributed by atoms with Crippen molar-refractivity contribution in [3.05, 3.63) is 62.1 Å². The minimum Gasteiger partial charge on any atom is -0.352 e. The van der Waals surface area contributed by atoms with Gasteiger partial charge in [-0.2, -0.15) is 0 Å². The van der Waals surface area contributed by atoms with Crippen LogP contribution in [0.4, 0.5) is 5.69 Å². The highest BCUT2D eigenvalue weighted by Gasteiger charge is 2.33. The quantitative estimate of drug-likeness (QED) is 0.362. The van der Waals surface area contributed by atoms with Crippen LogP contribution in [0.25, 0.3) is 0 Å². The third kappa shape index (κ3) is 7.90. The van der Waals surface area contributed by atoms with Gasteiger partial charge in [0, 0.05) is 12.6 Å². The molecule has 1 fully saturated rings. The Morgan fingerprint density at radius 3 is 2.11 bits per heavy atom. The number of benzene rings is 2. The van der Waals surface area contributed by atoms with Gasteiger partial charge in [0.15, 0.2) is 0 Å². The maximum atomic E-state index is 13.7. The van der Waals surface area contributed by atoms with E-state index < -0.39 is 28.5 Å². The second kappa shape index (κ2) is 12.9. The van der Waals surface area contributed by atoms with E-state index in [0.717, 1.165) is 36.2 Å². The number of anilines is 1. The molecule has 1 atom stereocenters. The van der Waals surface area contributed by atoms with E-state index in [9.17, 15) is 18.0 Å². The van der Waals surface area contributed by atoms with Crippen LogP contribution in [0.2, 0.25) is 20.1 Å². The van der Waals surface area contributed by atoms with Crippen molar-refractivity contribution in [2.24, 2.45) is 0 Å². The molecular formula is C25H29Cl4N3O4S. The van der Waals surface area contributed by atoms with Crippen molar-refractivity contribution in [2.75, 3.05) is 17.1 Å². The molecule has 202 valence electrons. The van der Waals surface area contributed by atoms with Gasteiger partial charge in [-0.3, -0.25) is 13.9 Å². The van der Waals surface area contributed by atoms with Crippen molar-refractivity contribution >= 4 is 73.9 Å². The number of hydrogen-bond acceptors (Lipinski definition) is 4. The molecule has 0 saturated heterocycles. The number of nitrogens with one attached hydrogen (secondary N) is 1. The van der Waals surface area contributed by atoms with Crippen LogP contribution in [0.1, 0.15) is 44.6 Å². The van der Waals surface area contributed by atoms with Crippen molar-refractivity contribution in [3.8, 4) is 0 Å². The van der Waals surface area contributed by atoms with Crippen LogP contribution in [0.5, 0.6) is 0 Å². The maximum Gasteiger partial charge on any atom is 0.244 e. The normalized spacial score (nSPS) is 14.9. The third-order valence-electron chi connectivity index (χ3n) is 6.29. The number of nitrogens with zero attached hydrogens (tertiary/aromatic N) is 2. The summed E-state index contributed by atoms with van der Waals surface area (Å²) in [4.78, 5) is 28.4. The lowest BCUT2D eigenvalue weighted by Crippen LogP contribution is -2.53. The van der Waals surface area contributed by atoms with Gasteiger partial charge in [-0.1, -0.05) is 72.2 Å². The molecule has 37 heavy (non-hydrogen) atoms. The number of rotatable bonds is 10. The van der Waals surface area contributed by atoms with Gasteiger partial charge >= 0.3 is 0 Å². The van der Waals surface area contributed by atoms with E-state index in [-0.39, 0.29) is 34.2 Å². The Hall–Kier alpha value is -1.71. The molecule has 0 unspecified atom stereocenters. The van der Waals surface area contributed by atoms with Crippen molar-refractivity contribution in [3.63, 3.8) is 0 Å². The second-order valence-electron chi connectivity index (χ2n) is 9.05. The van der Waals surface area contributed by atoms with E-state index in [1.54, 1.807) is 25.1 Å².